The van der Waals surface area contributed by atoms with Gasteiger partial charge in [0.2, 0.25) is 0 Å². The van der Waals surface area contributed by atoms with Crippen molar-refractivity contribution < 1.29 is 9.53 Å². The number of aryl methyl sites for hydroxylation is 1. The minimum absolute atomic E-state index is 0.101. The van der Waals surface area contributed by atoms with Crippen LogP contribution in [-0.2, 0) is 11.8 Å². The fourth-order valence-electron chi connectivity index (χ4n) is 3.23. The van der Waals surface area contributed by atoms with Crippen molar-refractivity contribution in [2.45, 2.75) is 25.8 Å². The van der Waals surface area contributed by atoms with Gasteiger partial charge in [0.1, 0.15) is 0 Å². The third kappa shape index (κ3) is 4.52. The number of nitrogens with zero attached hydrogens (tertiary/aromatic N) is 1. The lowest BCUT2D eigenvalue weighted by molar-refractivity contribution is 0.181. The van der Waals surface area contributed by atoms with Gasteiger partial charge in [0.05, 0.1) is 6.04 Å². The Morgan fingerprint density at radius 3 is 2.73 bits per heavy atom. The Hall–Kier alpha value is -2.60. The molecule has 0 spiro atoms. The summed E-state index contributed by atoms with van der Waals surface area (Å²) >= 11 is 0. The van der Waals surface area contributed by atoms with Gasteiger partial charge in [-0.3, -0.25) is 4.79 Å². The van der Waals surface area contributed by atoms with Crippen molar-refractivity contribution in [1.29, 1.82) is 0 Å². The van der Waals surface area contributed by atoms with Gasteiger partial charge in [0.15, 0.2) is 0 Å². The highest BCUT2D eigenvalue weighted by molar-refractivity contribution is 5.89. The first-order valence-electron chi connectivity index (χ1n) is 8.91. The van der Waals surface area contributed by atoms with E-state index in [0.29, 0.717) is 11.6 Å². The fraction of sp³-hybridized carbons (Fsp3) is 0.400. The number of carbonyl (C=O) groups excluding carboxylic acids is 1. The second-order valence-electron chi connectivity index (χ2n) is 6.81. The Balaban J connectivity index is 1.71. The zero-order valence-corrected chi connectivity index (χ0v) is 15.2. The van der Waals surface area contributed by atoms with E-state index in [1.807, 2.05) is 37.3 Å². The van der Waals surface area contributed by atoms with Crippen LogP contribution >= 0.6 is 0 Å². The smallest absolute Gasteiger partial charge is 0.319 e. The van der Waals surface area contributed by atoms with Crippen molar-refractivity contribution in [1.82, 2.24) is 9.88 Å². The maximum Gasteiger partial charge on any atom is 0.319 e. The summed E-state index contributed by atoms with van der Waals surface area (Å²) in [7, 11) is 1.70. The number of ether oxygens (including phenoxy) is 1. The van der Waals surface area contributed by atoms with E-state index in [2.05, 4.69) is 10.6 Å². The molecule has 2 N–H and O–H groups in total. The molecular formula is C20H25N3O3. The molecule has 1 fully saturated rings. The summed E-state index contributed by atoms with van der Waals surface area (Å²) in [5.41, 5.74) is 2.20. The van der Waals surface area contributed by atoms with E-state index in [1.54, 1.807) is 13.1 Å². The summed E-state index contributed by atoms with van der Waals surface area (Å²) in [6, 6.07) is 12.7. The minimum Gasteiger partial charge on any atom is -0.381 e. The third-order valence-electron chi connectivity index (χ3n) is 4.86. The molecule has 0 saturated carbocycles. The highest BCUT2D eigenvalue weighted by Gasteiger charge is 2.23. The highest BCUT2D eigenvalue weighted by atomic mass is 16.5. The largest absolute Gasteiger partial charge is 0.381 e. The van der Waals surface area contributed by atoms with Crippen LogP contribution in [0.2, 0.25) is 0 Å². The van der Waals surface area contributed by atoms with Crippen molar-refractivity contribution in [2.75, 3.05) is 18.5 Å². The first-order valence-corrected chi connectivity index (χ1v) is 8.91. The number of pyridine rings is 1. The molecule has 1 aromatic heterocycles. The summed E-state index contributed by atoms with van der Waals surface area (Å²) < 4.78 is 7.00. The van der Waals surface area contributed by atoms with Crippen LogP contribution in [0.4, 0.5) is 10.5 Å². The Labute approximate surface area is 153 Å². The molecule has 26 heavy (non-hydrogen) atoms. The number of carbonyl (C=O) groups is 1. The standard InChI is InChI=1S/C20H25N3O3/c1-14-10-17(12-19(24)23(14)2)21-20(25)22-18(11-15-8-9-26-13-15)16-6-4-3-5-7-16/h3-7,10,12,15,18H,8-9,11,13H2,1-2H3,(H2,21,22,25). The average molecular weight is 355 g/mol. The normalized spacial score (nSPS) is 17.7. The van der Waals surface area contributed by atoms with Gasteiger partial charge in [-0.15, -0.1) is 0 Å². The Bertz CT molecular complexity index is 811. The number of rotatable bonds is 5. The Morgan fingerprint density at radius 2 is 2.08 bits per heavy atom. The molecule has 2 unspecified atom stereocenters. The van der Waals surface area contributed by atoms with Crippen LogP contribution in [0.1, 0.15) is 30.1 Å². The van der Waals surface area contributed by atoms with Crippen molar-refractivity contribution in [3.05, 3.63) is 64.1 Å². The number of benzene rings is 1. The van der Waals surface area contributed by atoms with Crippen LogP contribution in [0.3, 0.4) is 0 Å². The summed E-state index contributed by atoms with van der Waals surface area (Å²) in [4.78, 5) is 24.4. The fourth-order valence-corrected chi connectivity index (χ4v) is 3.23. The zero-order valence-electron chi connectivity index (χ0n) is 15.2. The SMILES string of the molecule is Cc1cc(NC(=O)NC(CC2CCOC2)c2ccccc2)cc(=O)n1C. The predicted molar refractivity (Wildman–Crippen MR) is 101 cm³/mol. The maximum atomic E-state index is 12.5. The molecule has 2 amide bonds. The number of urea groups is 1. The van der Waals surface area contributed by atoms with E-state index in [4.69, 9.17) is 4.74 Å². The number of anilines is 1. The van der Waals surface area contributed by atoms with Gasteiger partial charge in [-0.2, -0.15) is 0 Å². The Kier molecular flexibility index (Phi) is 5.73. The van der Waals surface area contributed by atoms with Gasteiger partial charge in [-0.1, -0.05) is 30.3 Å². The first kappa shape index (κ1) is 18.2. The number of hydrogen-bond donors (Lipinski definition) is 2. The van der Waals surface area contributed by atoms with Crippen LogP contribution in [0, 0.1) is 12.8 Å². The number of hydrogen-bond acceptors (Lipinski definition) is 3. The van der Waals surface area contributed by atoms with E-state index in [9.17, 15) is 9.59 Å². The van der Waals surface area contributed by atoms with Crippen molar-refractivity contribution >= 4 is 11.7 Å². The summed E-state index contributed by atoms with van der Waals surface area (Å²) in [6.45, 7) is 3.35. The molecule has 1 aliphatic rings. The lowest BCUT2D eigenvalue weighted by atomic mass is 9.94. The molecule has 0 radical (unpaired) electrons. The molecule has 138 valence electrons. The van der Waals surface area contributed by atoms with E-state index in [1.165, 1.54) is 10.6 Å². The molecule has 0 bridgehead atoms. The molecule has 1 aliphatic heterocycles. The molecule has 1 aromatic carbocycles. The van der Waals surface area contributed by atoms with Crippen molar-refractivity contribution in [3.63, 3.8) is 0 Å². The van der Waals surface area contributed by atoms with Crippen LogP contribution in [0.15, 0.2) is 47.3 Å². The molecule has 2 heterocycles. The molecule has 6 heteroatoms. The van der Waals surface area contributed by atoms with Gasteiger partial charge in [-0.05, 0) is 37.3 Å². The molecule has 3 rings (SSSR count). The van der Waals surface area contributed by atoms with Crippen LogP contribution in [-0.4, -0.2) is 23.8 Å². The Morgan fingerprint density at radius 1 is 1.31 bits per heavy atom. The lowest BCUT2D eigenvalue weighted by Gasteiger charge is -2.22. The van der Waals surface area contributed by atoms with E-state index >= 15 is 0 Å². The molecule has 0 aliphatic carbocycles. The second-order valence-corrected chi connectivity index (χ2v) is 6.81. The summed E-state index contributed by atoms with van der Waals surface area (Å²) in [5, 5.41) is 5.83. The van der Waals surface area contributed by atoms with Gasteiger partial charge in [0.25, 0.3) is 5.56 Å². The van der Waals surface area contributed by atoms with E-state index < -0.39 is 0 Å². The van der Waals surface area contributed by atoms with Crippen molar-refractivity contribution in [2.24, 2.45) is 13.0 Å². The lowest BCUT2D eigenvalue weighted by Crippen LogP contribution is -2.34. The van der Waals surface area contributed by atoms with E-state index in [-0.39, 0.29) is 17.6 Å². The number of aromatic nitrogens is 1. The predicted octanol–water partition coefficient (Wildman–Crippen LogP) is 2.98. The monoisotopic (exact) mass is 355 g/mol. The minimum atomic E-state index is -0.314. The van der Waals surface area contributed by atoms with E-state index in [0.717, 1.165) is 37.3 Å². The van der Waals surface area contributed by atoms with Crippen LogP contribution in [0.5, 0.6) is 0 Å². The zero-order chi connectivity index (χ0) is 18.5. The average Bonchev–Trinajstić information content (AvgIpc) is 3.13. The van der Waals surface area contributed by atoms with Gasteiger partial charge in [-0.25, -0.2) is 4.79 Å². The second kappa shape index (κ2) is 8.19. The molecule has 1 saturated heterocycles. The molecule has 2 atom stereocenters. The third-order valence-corrected chi connectivity index (χ3v) is 4.86. The quantitative estimate of drug-likeness (QED) is 0.866. The molecule has 2 aromatic rings. The van der Waals surface area contributed by atoms with Gasteiger partial charge in [0, 0.05) is 37.7 Å². The van der Waals surface area contributed by atoms with Crippen LogP contribution in [0.25, 0.3) is 0 Å². The summed E-state index contributed by atoms with van der Waals surface area (Å²) in [6.07, 6.45) is 1.84. The van der Waals surface area contributed by atoms with Gasteiger partial charge >= 0.3 is 6.03 Å². The van der Waals surface area contributed by atoms with Crippen LogP contribution < -0.4 is 16.2 Å². The first-order chi connectivity index (χ1) is 12.5. The topological polar surface area (TPSA) is 72.4 Å². The van der Waals surface area contributed by atoms with Gasteiger partial charge < -0.3 is 19.9 Å². The molecule has 6 nitrogen and oxygen atoms in total. The maximum absolute atomic E-state index is 12.5. The summed E-state index contributed by atoms with van der Waals surface area (Å²) in [5.74, 6) is 0.437. The van der Waals surface area contributed by atoms with Crippen molar-refractivity contribution in [3.8, 4) is 0 Å². The highest BCUT2D eigenvalue weighted by Crippen LogP contribution is 2.26. The molecular weight excluding hydrogens is 330 g/mol. The number of nitrogens with one attached hydrogen (secondary N) is 2. The number of amides is 2.